The second-order valence-electron chi connectivity index (χ2n) is 5.83. The molecule has 2 saturated heterocycles. The zero-order valence-corrected chi connectivity index (χ0v) is 11.3. The Hall–Kier alpha value is -0.610. The minimum Gasteiger partial charge on any atom is -0.344 e. The minimum absolute atomic E-state index is 0.0548. The van der Waals surface area contributed by atoms with Gasteiger partial charge >= 0.3 is 0 Å². The molecule has 0 saturated carbocycles. The molecule has 2 aliphatic rings. The molecule has 0 aliphatic carbocycles. The molecule has 2 aliphatic heterocycles. The van der Waals surface area contributed by atoms with E-state index in [1.807, 2.05) is 11.9 Å². The first kappa shape index (κ1) is 12.8. The van der Waals surface area contributed by atoms with Gasteiger partial charge in [-0.3, -0.25) is 4.79 Å². The highest BCUT2D eigenvalue weighted by Crippen LogP contribution is 2.19. The maximum Gasteiger partial charge on any atom is 0.239 e. The van der Waals surface area contributed by atoms with Crippen LogP contribution in [0.2, 0.25) is 0 Å². The fourth-order valence-corrected chi connectivity index (χ4v) is 3.06. The summed E-state index contributed by atoms with van der Waals surface area (Å²) >= 11 is 0. The van der Waals surface area contributed by atoms with Crippen molar-refractivity contribution >= 4 is 5.91 Å². The number of rotatable bonds is 3. The number of likely N-dealkylation sites (tertiary alicyclic amines) is 1. The van der Waals surface area contributed by atoms with Gasteiger partial charge in [-0.05, 0) is 44.8 Å². The van der Waals surface area contributed by atoms with E-state index in [1.54, 1.807) is 0 Å². The van der Waals surface area contributed by atoms with Crippen molar-refractivity contribution in [1.29, 1.82) is 0 Å². The van der Waals surface area contributed by atoms with Gasteiger partial charge in [-0.1, -0.05) is 6.92 Å². The van der Waals surface area contributed by atoms with E-state index in [2.05, 4.69) is 24.2 Å². The molecule has 1 N–H and O–H groups in total. The van der Waals surface area contributed by atoms with Crippen molar-refractivity contribution in [1.82, 2.24) is 15.1 Å². The summed E-state index contributed by atoms with van der Waals surface area (Å²) in [6.45, 7) is 6.36. The normalized spacial score (nSPS) is 34.2. The van der Waals surface area contributed by atoms with E-state index >= 15 is 0 Å². The highest BCUT2D eigenvalue weighted by atomic mass is 16.2. The van der Waals surface area contributed by atoms with Gasteiger partial charge in [0.05, 0.1) is 6.04 Å². The number of hydrogen-bond donors (Lipinski definition) is 1. The van der Waals surface area contributed by atoms with E-state index in [4.69, 9.17) is 0 Å². The zero-order chi connectivity index (χ0) is 12.4. The average Bonchev–Trinajstić information content (AvgIpc) is 2.86. The molecule has 0 bridgehead atoms. The molecule has 0 aromatic rings. The summed E-state index contributed by atoms with van der Waals surface area (Å²) < 4.78 is 0. The molecule has 2 heterocycles. The third-order valence-corrected chi connectivity index (χ3v) is 4.20. The second-order valence-corrected chi connectivity index (χ2v) is 5.83. The molecule has 4 heteroatoms. The fraction of sp³-hybridized carbons (Fsp3) is 0.923. The summed E-state index contributed by atoms with van der Waals surface area (Å²) in [5.41, 5.74) is 0. The molecule has 0 radical (unpaired) electrons. The lowest BCUT2D eigenvalue weighted by Crippen LogP contribution is -2.45. The Morgan fingerprint density at radius 2 is 2.24 bits per heavy atom. The van der Waals surface area contributed by atoms with Gasteiger partial charge in [0.2, 0.25) is 5.91 Å². The van der Waals surface area contributed by atoms with Crippen LogP contribution in [0, 0.1) is 11.8 Å². The summed E-state index contributed by atoms with van der Waals surface area (Å²) in [6.07, 6.45) is 2.35. The monoisotopic (exact) mass is 239 g/mol. The molecule has 98 valence electrons. The minimum atomic E-state index is 0.0548. The highest BCUT2D eigenvalue weighted by Gasteiger charge is 2.32. The van der Waals surface area contributed by atoms with Gasteiger partial charge in [0.1, 0.15) is 0 Å². The smallest absolute Gasteiger partial charge is 0.239 e. The van der Waals surface area contributed by atoms with Gasteiger partial charge in [0, 0.05) is 20.1 Å². The fourth-order valence-electron chi connectivity index (χ4n) is 3.06. The van der Waals surface area contributed by atoms with Crippen LogP contribution in [0.4, 0.5) is 0 Å². The Kier molecular flexibility index (Phi) is 4.05. The molecular formula is C13H25N3O. The second kappa shape index (κ2) is 5.36. The molecule has 4 nitrogen and oxygen atoms in total. The topological polar surface area (TPSA) is 35.6 Å². The van der Waals surface area contributed by atoms with Crippen molar-refractivity contribution in [2.24, 2.45) is 11.8 Å². The van der Waals surface area contributed by atoms with Gasteiger partial charge in [-0.25, -0.2) is 0 Å². The molecular weight excluding hydrogens is 214 g/mol. The molecule has 3 atom stereocenters. The van der Waals surface area contributed by atoms with Gasteiger partial charge in [-0.2, -0.15) is 0 Å². The summed E-state index contributed by atoms with van der Waals surface area (Å²) in [5, 5.41) is 3.32. The van der Waals surface area contributed by atoms with Crippen LogP contribution in [0.25, 0.3) is 0 Å². The predicted molar refractivity (Wildman–Crippen MR) is 68.8 cm³/mol. The third-order valence-electron chi connectivity index (χ3n) is 4.20. The van der Waals surface area contributed by atoms with Gasteiger partial charge in [0.25, 0.3) is 0 Å². The van der Waals surface area contributed by atoms with Crippen LogP contribution >= 0.6 is 0 Å². The lowest BCUT2D eigenvalue weighted by atomic mass is 10.0. The third kappa shape index (κ3) is 2.99. The van der Waals surface area contributed by atoms with E-state index in [0.717, 1.165) is 26.1 Å². The Balaban J connectivity index is 1.82. The lowest BCUT2D eigenvalue weighted by Gasteiger charge is -2.26. The number of likely N-dealkylation sites (N-methyl/N-ethyl adjacent to an activating group) is 1. The van der Waals surface area contributed by atoms with E-state index in [1.165, 1.54) is 13.0 Å². The van der Waals surface area contributed by atoms with Crippen LogP contribution in [-0.2, 0) is 4.79 Å². The number of hydrogen-bond acceptors (Lipinski definition) is 3. The predicted octanol–water partition coefficient (Wildman–Crippen LogP) is 0.395. The van der Waals surface area contributed by atoms with E-state index in [0.29, 0.717) is 11.8 Å². The number of nitrogens with zero attached hydrogens (tertiary/aromatic N) is 2. The molecule has 0 spiro atoms. The summed E-state index contributed by atoms with van der Waals surface area (Å²) in [6, 6.07) is 0.0548. The average molecular weight is 239 g/mol. The Labute approximate surface area is 104 Å². The van der Waals surface area contributed by atoms with Gasteiger partial charge in [0.15, 0.2) is 0 Å². The van der Waals surface area contributed by atoms with E-state index in [9.17, 15) is 4.79 Å². The zero-order valence-electron chi connectivity index (χ0n) is 11.3. The van der Waals surface area contributed by atoms with Crippen LogP contribution in [0.1, 0.15) is 19.8 Å². The maximum atomic E-state index is 12.3. The number of nitrogens with one attached hydrogen (secondary N) is 1. The Morgan fingerprint density at radius 1 is 1.47 bits per heavy atom. The number of carbonyl (C=O) groups excluding carboxylic acids is 1. The first-order valence-electron chi connectivity index (χ1n) is 6.75. The van der Waals surface area contributed by atoms with E-state index in [-0.39, 0.29) is 11.9 Å². The largest absolute Gasteiger partial charge is 0.344 e. The number of amides is 1. The molecule has 0 aromatic heterocycles. The van der Waals surface area contributed by atoms with Crippen molar-refractivity contribution in [2.75, 3.05) is 40.3 Å². The molecule has 2 rings (SSSR count). The standard InChI is InChI=1S/C13H25N3O/c1-10-4-6-14-12(10)13(17)16(3)9-11-5-7-15(2)8-11/h10-12,14H,4-9H2,1-3H3. The van der Waals surface area contributed by atoms with Crippen LogP contribution in [0.3, 0.4) is 0 Å². The van der Waals surface area contributed by atoms with Crippen LogP contribution < -0.4 is 5.32 Å². The van der Waals surface area contributed by atoms with Gasteiger partial charge in [-0.15, -0.1) is 0 Å². The van der Waals surface area contributed by atoms with Crippen molar-refractivity contribution in [3.8, 4) is 0 Å². The SMILES string of the molecule is CC1CCNC1C(=O)N(C)CC1CCN(C)C1. The first-order chi connectivity index (χ1) is 8.08. The maximum absolute atomic E-state index is 12.3. The van der Waals surface area contributed by atoms with Crippen LogP contribution in [-0.4, -0.2) is 62.0 Å². The van der Waals surface area contributed by atoms with Crippen molar-refractivity contribution < 1.29 is 4.79 Å². The van der Waals surface area contributed by atoms with Crippen molar-refractivity contribution in [3.05, 3.63) is 0 Å². The van der Waals surface area contributed by atoms with E-state index < -0.39 is 0 Å². The lowest BCUT2D eigenvalue weighted by molar-refractivity contribution is -0.133. The molecule has 17 heavy (non-hydrogen) atoms. The quantitative estimate of drug-likeness (QED) is 0.774. The first-order valence-corrected chi connectivity index (χ1v) is 6.75. The number of carbonyl (C=O) groups is 1. The summed E-state index contributed by atoms with van der Waals surface area (Å²) in [4.78, 5) is 16.6. The molecule has 2 fully saturated rings. The summed E-state index contributed by atoms with van der Waals surface area (Å²) in [7, 11) is 4.11. The summed E-state index contributed by atoms with van der Waals surface area (Å²) in [5.74, 6) is 1.42. The molecule has 3 unspecified atom stereocenters. The molecule has 1 amide bonds. The van der Waals surface area contributed by atoms with Crippen LogP contribution in [0.15, 0.2) is 0 Å². The van der Waals surface area contributed by atoms with Gasteiger partial charge < -0.3 is 15.1 Å². The highest BCUT2D eigenvalue weighted by molar-refractivity contribution is 5.82. The van der Waals surface area contributed by atoms with Crippen molar-refractivity contribution in [2.45, 2.75) is 25.8 Å². The molecule has 0 aromatic carbocycles. The Bertz CT molecular complexity index is 282. The van der Waals surface area contributed by atoms with Crippen molar-refractivity contribution in [3.63, 3.8) is 0 Å². The van der Waals surface area contributed by atoms with Crippen LogP contribution in [0.5, 0.6) is 0 Å². The Morgan fingerprint density at radius 3 is 2.76 bits per heavy atom.